The first kappa shape index (κ1) is 18.4. The minimum Gasteiger partial charge on any atom is -0.478 e. The molecule has 0 aliphatic heterocycles. The van der Waals surface area contributed by atoms with Gasteiger partial charge < -0.3 is 14.6 Å². The minimum atomic E-state index is -1.03. The van der Waals surface area contributed by atoms with Gasteiger partial charge in [-0.2, -0.15) is 0 Å². The molecule has 0 atom stereocenters. The van der Waals surface area contributed by atoms with E-state index in [4.69, 9.17) is 14.6 Å². The fraction of sp³-hybridized carbons (Fsp3) is 0.353. The van der Waals surface area contributed by atoms with E-state index in [1.54, 1.807) is 26.0 Å². The Kier molecular flexibility index (Phi) is 6.50. The van der Waals surface area contributed by atoms with Gasteiger partial charge in [0, 0.05) is 6.42 Å². The number of methoxy groups -OCH3 is 2. The van der Waals surface area contributed by atoms with Crippen molar-refractivity contribution < 1.29 is 29.0 Å². The molecule has 0 heterocycles. The first-order valence-corrected chi connectivity index (χ1v) is 7.03. The summed E-state index contributed by atoms with van der Waals surface area (Å²) in [6, 6.07) is 6.09. The van der Waals surface area contributed by atoms with Crippen LogP contribution in [0.2, 0.25) is 0 Å². The molecular weight excluding hydrogens is 300 g/mol. The highest BCUT2D eigenvalue weighted by Gasteiger charge is 2.25. The van der Waals surface area contributed by atoms with E-state index in [1.807, 2.05) is 0 Å². The predicted octanol–water partition coefficient (Wildman–Crippen LogP) is 2.23. The summed E-state index contributed by atoms with van der Waals surface area (Å²) in [5, 5.41) is 8.90. The number of rotatable bonds is 6. The normalized spacial score (nSPS) is 11.7. The van der Waals surface area contributed by atoms with Crippen LogP contribution in [-0.4, -0.2) is 37.2 Å². The molecule has 124 valence electrons. The first-order valence-electron chi connectivity index (χ1n) is 7.03. The average Bonchev–Trinajstić information content (AvgIpc) is 2.53. The Morgan fingerprint density at radius 2 is 1.52 bits per heavy atom. The van der Waals surface area contributed by atoms with Crippen molar-refractivity contribution in [3.8, 4) is 0 Å². The maximum atomic E-state index is 12.1. The SMILES string of the molecule is COC(=O)C(Cc1ccc(C(=O)O)cc1)=C(C(=O)OC)C(C)C. The van der Waals surface area contributed by atoms with Crippen molar-refractivity contribution in [1.82, 2.24) is 0 Å². The summed E-state index contributed by atoms with van der Waals surface area (Å²) in [5.74, 6) is -2.45. The van der Waals surface area contributed by atoms with E-state index < -0.39 is 17.9 Å². The molecule has 1 aromatic rings. The van der Waals surface area contributed by atoms with Gasteiger partial charge in [-0.1, -0.05) is 26.0 Å². The van der Waals surface area contributed by atoms with Crippen LogP contribution >= 0.6 is 0 Å². The molecule has 0 aliphatic carbocycles. The zero-order chi connectivity index (χ0) is 17.6. The van der Waals surface area contributed by atoms with Crippen molar-refractivity contribution in [1.29, 1.82) is 0 Å². The number of hydrogen-bond donors (Lipinski definition) is 1. The number of hydrogen-bond acceptors (Lipinski definition) is 5. The summed E-state index contributed by atoms with van der Waals surface area (Å²) >= 11 is 0. The van der Waals surface area contributed by atoms with Crippen molar-refractivity contribution in [2.45, 2.75) is 20.3 Å². The molecule has 1 N–H and O–H groups in total. The Hall–Kier alpha value is -2.63. The zero-order valence-corrected chi connectivity index (χ0v) is 13.6. The third-order valence-corrected chi connectivity index (χ3v) is 3.32. The van der Waals surface area contributed by atoms with Crippen LogP contribution in [0, 0.1) is 5.92 Å². The molecule has 0 bridgehead atoms. The Labute approximate surface area is 134 Å². The lowest BCUT2D eigenvalue weighted by Gasteiger charge is -2.15. The van der Waals surface area contributed by atoms with Crippen LogP contribution in [0.15, 0.2) is 35.4 Å². The van der Waals surface area contributed by atoms with Crippen molar-refractivity contribution in [2.24, 2.45) is 5.92 Å². The molecule has 0 amide bonds. The van der Waals surface area contributed by atoms with E-state index in [-0.39, 0.29) is 29.0 Å². The molecule has 0 aromatic heterocycles. The van der Waals surface area contributed by atoms with Crippen molar-refractivity contribution >= 4 is 17.9 Å². The molecule has 0 aliphatic rings. The van der Waals surface area contributed by atoms with Crippen LogP contribution in [0.25, 0.3) is 0 Å². The number of carboxylic acid groups (broad SMARTS) is 1. The predicted molar refractivity (Wildman–Crippen MR) is 83.0 cm³/mol. The summed E-state index contributed by atoms with van der Waals surface area (Å²) in [5.41, 5.74) is 1.30. The molecule has 0 fully saturated rings. The van der Waals surface area contributed by atoms with Gasteiger partial charge in [-0.3, -0.25) is 0 Å². The second-order valence-corrected chi connectivity index (χ2v) is 5.21. The molecule has 0 radical (unpaired) electrons. The summed E-state index contributed by atoms with van der Waals surface area (Å²) < 4.78 is 9.53. The number of ether oxygens (including phenoxy) is 2. The third kappa shape index (κ3) is 4.67. The Bertz CT molecular complexity index is 625. The van der Waals surface area contributed by atoms with Crippen LogP contribution in [0.1, 0.15) is 29.8 Å². The van der Waals surface area contributed by atoms with E-state index in [1.165, 1.54) is 26.4 Å². The monoisotopic (exact) mass is 320 g/mol. The molecule has 6 heteroatoms. The number of benzene rings is 1. The van der Waals surface area contributed by atoms with Gasteiger partial charge in [0.2, 0.25) is 0 Å². The molecule has 6 nitrogen and oxygen atoms in total. The third-order valence-electron chi connectivity index (χ3n) is 3.32. The number of aromatic carboxylic acids is 1. The van der Waals surface area contributed by atoms with Crippen molar-refractivity contribution in [3.63, 3.8) is 0 Å². The number of carboxylic acids is 1. The van der Waals surface area contributed by atoms with Crippen LogP contribution in [0.3, 0.4) is 0 Å². The highest BCUT2D eigenvalue weighted by Crippen LogP contribution is 2.22. The largest absolute Gasteiger partial charge is 0.478 e. The van der Waals surface area contributed by atoms with Gasteiger partial charge in [-0.05, 0) is 23.6 Å². The smallest absolute Gasteiger partial charge is 0.335 e. The fourth-order valence-corrected chi connectivity index (χ4v) is 2.19. The van der Waals surface area contributed by atoms with Gasteiger partial charge in [0.15, 0.2) is 0 Å². The van der Waals surface area contributed by atoms with Gasteiger partial charge in [0.25, 0.3) is 0 Å². The number of carbonyl (C=O) groups excluding carboxylic acids is 2. The topological polar surface area (TPSA) is 89.9 Å². The lowest BCUT2D eigenvalue weighted by molar-refractivity contribution is -0.139. The molecule has 0 unspecified atom stereocenters. The molecule has 1 rings (SSSR count). The molecular formula is C17H20O6. The standard InChI is InChI=1S/C17H20O6/c1-10(2)14(17(21)23-4)13(16(20)22-3)9-11-5-7-12(8-6-11)15(18)19/h5-8,10H,9H2,1-4H3,(H,18,19). The van der Waals surface area contributed by atoms with E-state index in [9.17, 15) is 14.4 Å². The summed E-state index contributed by atoms with van der Waals surface area (Å²) in [7, 11) is 2.49. The molecule has 0 saturated carbocycles. The van der Waals surface area contributed by atoms with Gasteiger partial charge in [-0.25, -0.2) is 14.4 Å². The van der Waals surface area contributed by atoms with Crippen LogP contribution in [0.4, 0.5) is 0 Å². The van der Waals surface area contributed by atoms with Crippen molar-refractivity contribution in [2.75, 3.05) is 14.2 Å². The molecule has 23 heavy (non-hydrogen) atoms. The lowest BCUT2D eigenvalue weighted by Crippen LogP contribution is -2.20. The van der Waals surface area contributed by atoms with Crippen LogP contribution < -0.4 is 0 Å². The van der Waals surface area contributed by atoms with Crippen LogP contribution in [0.5, 0.6) is 0 Å². The summed E-state index contributed by atoms with van der Waals surface area (Å²) in [6.45, 7) is 3.56. The number of esters is 2. The van der Waals surface area contributed by atoms with Gasteiger partial charge >= 0.3 is 17.9 Å². The average molecular weight is 320 g/mol. The lowest BCUT2D eigenvalue weighted by atomic mass is 9.92. The van der Waals surface area contributed by atoms with E-state index in [0.29, 0.717) is 5.56 Å². The Morgan fingerprint density at radius 1 is 1.00 bits per heavy atom. The quantitative estimate of drug-likeness (QED) is 0.638. The first-order chi connectivity index (χ1) is 10.8. The van der Waals surface area contributed by atoms with Crippen molar-refractivity contribution in [3.05, 3.63) is 46.5 Å². The second kappa shape index (κ2) is 8.12. The maximum Gasteiger partial charge on any atom is 0.335 e. The Balaban J connectivity index is 3.28. The molecule has 0 spiro atoms. The maximum absolute atomic E-state index is 12.1. The zero-order valence-electron chi connectivity index (χ0n) is 13.6. The highest BCUT2D eigenvalue weighted by atomic mass is 16.5. The van der Waals surface area contributed by atoms with E-state index in [0.717, 1.165) is 0 Å². The van der Waals surface area contributed by atoms with Gasteiger partial charge in [0.1, 0.15) is 0 Å². The Morgan fingerprint density at radius 3 is 1.91 bits per heavy atom. The summed E-state index contributed by atoms with van der Waals surface area (Å²) in [6.07, 6.45) is 0.148. The second-order valence-electron chi connectivity index (χ2n) is 5.21. The van der Waals surface area contributed by atoms with E-state index >= 15 is 0 Å². The number of carbonyl (C=O) groups is 3. The minimum absolute atomic E-state index is 0.148. The van der Waals surface area contributed by atoms with Gasteiger partial charge in [0.05, 0.1) is 30.9 Å². The van der Waals surface area contributed by atoms with Gasteiger partial charge in [-0.15, -0.1) is 0 Å². The van der Waals surface area contributed by atoms with E-state index in [2.05, 4.69) is 0 Å². The van der Waals surface area contributed by atoms with Crippen LogP contribution in [-0.2, 0) is 25.5 Å². The fourth-order valence-electron chi connectivity index (χ4n) is 2.19. The molecule has 0 saturated heterocycles. The molecule has 1 aromatic carbocycles. The highest BCUT2D eigenvalue weighted by molar-refractivity contribution is 6.01. The summed E-state index contributed by atoms with van der Waals surface area (Å²) in [4.78, 5) is 34.9.